The van der Waals surface area contributed by atoms with Crippen molar-refractivity contribution >= 4 is 28.8 Å². The summed E-state index contributed by atoms with van der Waals surface area (Å²) in [6.07, 6.45) is 4.40. The Bertz CT molecular complexity index is 1280. The standard InChI is InChI=1S/C25H25N7O/c1-15-11-18(13-26)7-8-20(15)19-9-10-27-23(12-19)24-28-14-29-25(32-24)31-22-6-4-5-21(16(22)2)30-17(3)33/h4-9,11,14,23,27H,10,12H2,1-3H3,(H,30,33)(H,28,29,31,32). The molecule has 33 heavy (non-hydrogen) atoms. The average Bonchev–Trinajstić information content (AvgIpc) is 2.81. The number of aromatic nitrogens is 3. The first kappa shape index (κ1) is 22.1. The van der Waals surface area contributed by atoms with E-state index in [9.17, 15) is 4.79 Å². The van der Waals surface area contributed by atoms with Crippen molar-refractivity contribution in [1.82, 2.24) is 20.3 Å². The van der Waals surface area contributed by atoms with Crippen LogP contribution in [-0.2, 0) is 4.79 Å². The Morgan fingerprint density at radius 2 is 2.00 bits per heavy atom. The summed E-state index contributed by atoms with van der Waals surface area (Å²) in [7, 11) is 0. The fraction of sp³-hybridized carbons (Fsp3) is 0.240. The van der Waals surface area contributed by atoms with Gasteiger partial charge >= 0.3 is 0 Å². The van der Waals surface area contributed by atoms with Crippen LogP contribution >= 0.6 is 0 Å². The smallest absolute Gasteiger partial charge is 0.230 e. The minimum atomic E-state index is -0.123. The van der Waals surface area contributed by atoms with Crippen molar-refractivity contribution in [3.63, 3.8) is 0 Å². The molecule has 4 rings (SSSR count). The number of rotatable bonds is 5. The molecular weight excluding hydrogens is 414 g/mol. The van der Waals surface area contributed by atoms with Gasteiger partial charge in [0.25, 0.3) is 0 Å². The highest BCUT2D eigenvalue weighted by Crippen LogP contribution is 2.31. The minimum Gasteiger partial charge on any atom is -0.326 e. The summed E-state index contributed by atoms with van der Waals surface area (Å²) in [6.45, 7) is 6.13. The molecule has 0 bridgehead atoms. The van der Waals surface area contributed by atoms with Gasteiger partial charge in [-0.3, -0.25) is 4.79 Å². The molecule has 166 valence electrons. The maximum atomic E-state index is 11.4. The van der Waals surface area contributed by atoms with Crippen LogP contribution in [0.3, 0.4) is 0 Å². The van der Waals surface area contributed by atoms with E-state index >= 15 is 0 Å². The second-order valence-electron chi connectivity index (χ2n) is 7.99. The lowest BCUT2D eigenvalue weighted by Crippen LogP contribution is -2.27. The summed E-state index contributed by atoms with van der Waals surface area (Å²) >= 11 is 0. The summed E-state index contributed by atoms with van der Waals surface area (Å²) in [4.78, 5) is 24.8. The van der Waals surface area contributed by atoms with Gasteiger partial charge in [0.15, 0.2) is 5.82 Å². The SMILES string of the molecule is CC(=O)Nc1cccc(Nc2ncnc(C3CC(c4ccc(C#N)cc4C)=CCN3)n2)c1C. The summed E-state index contributed by atoms with van der Waals surface area (Å²) in [5.41, 5.74) is 6.52. The largest absolute Gasteiger partial charge is 0.326 e. The number of aryl methyl sites for hydroxylation is 1. The molecule has 8 heteroatoms. The number of carbonyl (C=O) groups excluding carboxylic acids is 1. The molecule has 0 saturated heterocycles. The highest BCUT2D eigenvalue weighted by atomic mass is 16.1. The molecule has 0 radical (unpaired) electrons. The molecule has 1 aliphatic heterocycles. The molecule has 0 fully saturated rings. The zero-order valence-electron chi connectivity index (χ0n) is 18.8. The Morgan fingerprint density at radius 1 is 1.18 bits per heavy atom. The summed E-state index contributed by atoms with van der Waals surface area (Å²) < 4.78 is 0. The highest BCUT2D eigenvalue weighted by Gasteiger charge is 2.22. The lowest BCUT2D eigenvalue weighted by molar-refractivity contribution is -0.114. The second kappa shape index (κ2) is 9.59. The Balaban J connectivity index is 1.54. The molecule has 0 saturated carbocycles. The maximum absolute atomic E-state index is 11.4. The van der Waals surface area contributed by atoms with Gasteiger partial charge in [0.05, 0.1) is 17.7 Å². The zero-order chi connectivity index (χ0) is 23.4. The van der Waals surface area contributed by atoms with Crippen molar-refractivity contribution in [2.45, 2.75) is 33.2 Å². The molecule has 1 aromatic heterocycles. The average molecular weight is 440 g/mol. The Labute approximate surface area is 192 Å². The van der Waals surface area contributed by atoms with Gasteiger partial charge < -0.3 is 16.0 Å². The molecule has 1 atom stereocenters. The van der Waals surface area contributed by atoms with Gasteiger partial charge in [0.1, 0.15) is 6.33 Å². The molecule has 1 unspecified atom stereocenters. The molecule has 3 N–H and O–H groups in total. The second-order valence-corrected chi connectivity index (χ2v) is 7.99. The Hall–Kier alpha value is -4.09. The molecule has 1 amide bonds. The van der Waals surface area contributed by atoms with Crippen molar-refractivity contribution in [3.8, 4) is 6.07 Å². The number of hydrogen-bond acceptors (Lipinski definition) is 7. The van der Waals surface area contributed by atoms with E-state index < -0.39 is 0 Å². The van der Waals surface area contributed by atoms with Crippen LogP contribution in [0.2, 0.25) is 0 Å². The number of nitrogens with one attached hydrogen (secondary N) is 3. The summed E-state index contributed by atoms with van der Waals surface area (Å²) in [5, 5.41) is 18.7. The molecule has 2 heterocycles. The predicted molar refractivity (Wildman–Crippen MR) is 128 cm³/mol. The first-order valence-electron chi connectivity index (χ1n) is 10.7. The third-order valence-corrected chi connectivity index (χ3v) is 5.63. The Morgan fingerprint density at radius 3 is 2.76 bits per heavy atom. The summed E-state index contributed by atoms with van der Waals surface area (Å²) in [5.74, 6) is 0.970. The van der Waals surface area contributed by atoms with Crippen LogP contribution in [0.5, 0.6) is 0 Å². The minimum absolute atomic E-state index is 0.0598. The van der Waals surface area contributed by atoms with E-state index in [4.69, 9.17) is 5.26 Å². The van der Waals surface area contributed by atoms with Crippen molar-refractivity contribution in [2.75, 3.05) is 17.2 Å². The highest BCUT2D eigenvalue weighted by molar-refractivity contribution is 5.90. The van der Waals surface area contributed by atoms with Gasteiger partial charge in [-0.25, -0.2) is 9.97 Å². The first-order chi connectivity index (χ1) is 15.9. The molecule has 8 nitrogen and oxygen atoms in total. The normalized spacial score (nSPS) is 15.3. The molecule has 2 aromatic carbocycles. The molecule has 3 aromatic rings. The molecular formula is C25H25N7O. The maximum Gasteiger partial charge on any atom is 0.230 e. The van der Waals surface area contributed by atoms with Crippen molar-refractivity contribution < 1.29 is 4.79 Å². The van der Waals surface area contributed by atoms with Crippen LogP contribution in [0.1, 0.15) is 47.5 Å². The third-order valence-electron chi connectivity index (χ3n) is 5.63. The van der Waals surface area contributed by atoms with E-state index in [0.29, 0.717) is 23.9 Å². The van der Waals surface area contributed by atoms with E-state index in [1.165, 1.54) is 18.8 Å². The van der Waals surface area contributed by atoms with E-state index in [-0.39, 0.29) is 11.9 Å². The van der Waals surface area contributed by atoms with Gasteiger partial charge in [-0.05, 0) is 66.8 Å². The van der Waals surface area contributed by atoms with Crippen molar-refractivity contribution in [3.05, 3.63) is 76.9 Å². The van der Waals surface area contributed by atoms with Gasteiger partial charge in [0.2, 0.25) is 11.9 Å². The van der Waals surface area contributed by atoms with Gasteiger partial charge in [-0.2, -0.15) is 10.2 Å². The monoisotopic (exact) mass is 439 g/mol. The number of nitriles is 1. The lowest BCUT2D eigenvalue weighted by Gasteiger charge is -2.24. The number of nitrogens with zero attached hydrogens (tertiary/aromatic N) is 4. The number of carbonyl (C=O) groups is 1. The number of amides is 1. The van der Waals surface area contributed by atoms with Crippen LogP contribution < -0.4 is 16.0 Å². The quantitative estimate of drug-likeness (QED) is 0.546. The van der Waals surface area contributed by atoms with E-state index in [1.807, 2.05) is 50.2 Å². The van der Waals surface area contributed by atoms with E-state index in [1.54, 1.807) is 0 Å². The van der Waals surface area contributed by atoms with Crippen LogP contribution in [0.25, 0.3) is 5.57 Å². The number of anilines is 3. The fourth-order valence-electron chi connectivity index (χ4n) is 3.95. The first-order valence-corrected chi connectivity index (χ1v) is 10.7. The lowest BCUT2D eigenvalue weighted by atomic mass is 9.91. The van der Waals surface area contributed by atoms with Crippen LogP contribution in [0.4, 0.5) is 17.3 Å². The van der Waals surface area contributed by atoms with Crippen LogP contribution in [0, 0.1) is 25.2 Å². The van der Waals surface area contributed by atoms with E-state index in [2.05, 4.69) is 43.0 Å². The molecule has 1 aliphatic rings. The van der Waals surface area contributed by atoms with Gasteiger partial charge in [-0.15, -0.1) is 0 Å². The third kappa shape index (κ3) is 5.05. The van der Waals surface area contributed by atoms with Crippen molar-refractivity contribution in [1.29, 1.82) is 5.26 Å². The fourth-order valence-corrected chi connectivity index (χ4v) is 3.95. The van der Waals surface area contributed by atoms with Crippen LogP contribution in [0.15, 0.2) is 48.8 Å². The summed E-state index contributed by atoms with van der Waals surface area (Å²) in [6, 6.07) is 13.5. The molecule has 0 aliphatic carbocycles. The number of benzene rings is 2. The van der Waals surface area contributed by atoms with E-state index in [0.717, 1.165) is 34.5 Å². The predicted octanol–water partition coefficient (Wildman–Crippen LogP) is 4.18. The topological polar surface area (TPSA) is 116 Å². The van der Waals surface area contributed by atoms with Gasteiger partial charge in [0, 0.05) is 24.8 Å². The van der Waals surface area contributed by atoms with Crippen LogP contribution in [-0.4, -0.2) is 27.4 Å². The van der Waals surface area contributed by atoms with Crippen molar-refractivity contribution in [2.24, 2.45) is 0 Å². The van der Waals surface area contributed by atoms with Gasteiger partial charge in [-0.1, -0.05) is 18.2 Å². The number of hydrogen-bond donors (Lipinski definition) is 3. The Kier molecular flexibility index (Phi) is 6.43. The molecule has 0 spiro atoms. The zero-order valence-corrected chi connectivity index (χ0v) is 18.8.